The van der Waals surface area contributed by atoms with Crippen molar-refractivity contribution >= 4 is 0 Å². The molecule has 0 fully saturated rings. The fourth-order valence-electron chi connectivity index (χ4n) is 2.06. The summed E-state index contributed by atoms with van der Waals surface area (Å²) >= 11 is 0. The lowest BCUT2D eigenvalue weighted by Gasteiger charge is -2.36. The first kappa shape index (κ1) is 9.75. The van der Waals surface area contributed by atoms with E-state index in [4.69, 9.17) is 0 Å². The number of nitrogens with zero attached hydrogens (tertiary/aromatic N) is 1. The van der Waals surface area contributed by atoms with Crippen molar-refractivity contribution in [2.24, 2.45) is 0 Å². The molecule has 0 unspecified atom stereocenters. The predicted molar refractivity (Wildman–Crippen MR) is 50.2 cm³/mol. The van der Waals surface area contributed by atoms with E-state index in [2.05, 4.69) is 26.8 Å². The molecule has 0 aromatic rings. The molecule has 0 aromatic heterocycles. The molecule has 0 spiro atoms. The first-order chi connectivity index (χ1) is 5.32. The summed E-state index contributed by atoms with van der Waals surface area (Å²) in [6.07, 6.45) is 3.17. The lowest BCUT2D eigenvalue weighted by Crippen LogP contribution is -2.47. The van der Waals surface area contributed by atoms with Gasteiger partial charge in [-0.2, -0.15) is 5.06 Å². The van der Waals surface area contributed by atoms with E-state index in [9.17, 15) is 5.21 Å². The molecule has 1 aliphatic rings. The van der Waals surface area contributed by atoms with Crippen LogP contribution in [0.15, 0.2) is 11.6 Å². The molecule has 2 nitrogen and oxygen atoms in total. The fraction of sp³-hybridized carbons (Fsp3) is 0.800. The van der Waals surface area contributed by atoms with Crippen LogP contribution in [-0.4, -0.2) is 21.3 Å². The van der Waals surface area contributed by atoms with Gasteiger partial charge in [0.1, 0.15) is 0 Å². The van der Waals surface area contributed by atoms with Gasteiger partial charge in [0, 0.05) is 0 Å². The minimum absolute atomic E-state index is 0.196. The van der Waals surface area contributed by atoms with Gasteiger partial charge >= 0.3 is 0 Å². The van der Waals surface area contributed by atoms with Gasteiger partial charge < -0.3 is 5.21 Å². The molecule has 12 heavy (non-hydrogen) atoms. The molecule has 70 valence electrons. The van der Waals surface area contributed by atoms with Crippen molar-refractivity contribution in [2.45, 2.75) is 52.1 Å². The zero-order chi connectivity index (χ0) is 9.57. The summed E-state index contributed by atoms with van der Waals surface area (Å²) in [5, 5.41) is 11.3. The molecule has 1 heterocycles. The Kier molecular flexibility index (Phi) is 2.09. The Balaban J connectivity index is 3.03. The fourth-order valence-corrected chi connectivity index (χ4v) is 2.06. The van der Waals surface area contributed by atoms with E-state index in [-0.39, 0.29) is 11.1 Å². The van der Waals surface area contributed by atoms with Crippen LogP contribution in [0.1, 0.15) is 41.0 Å². The molecule has 2 heteroatoms. The topological polar surface area (TPSA) is 23.5 Å². The van der Waals surface area contributed by atoms with Gasteiger partial charge in [-0.05, 0) is 34.1 Å². The normalized spacial score (nSPS) is 27.3. The second-order valence-corrected chi connectivity index (χ2v) is 4.55. The average molecular weight is 169 g/mol. The molecule has 0 aliphatic carbocycles. The summed E-state index contributed by atoms with van der Waals surface area (Å²) in [5.74, 6) is 0. The lowest BCUT2D eigenvalue weighted by molar-refractivity contribution is -0.185. The Morgan fingerprint density at radius 3 is 2.00 bits per heavy atom. The minimum Gasteiger partial charge on any atom is -0.312 e. The van der Waals surface area contributed by atoms with Crippen LogP contribution in [-0.2, 0) is 0 Å². The molecule has 0 aromatic carbocycles. The van der Waals surface area contributed by atoms with E-state index in [1.54, 1.807) is 0 Å². The van der Waals surface area contributed by atoms with Gasteiger partial charge in [0.15, 0.2) is 0 Å². The smallest absolute Gasteiger partial charge is 0.0622 e. The van der Waals surface area contributed by atoms with Gasteiger partial charge in [0.2, 0.25) is 0 Å². The zero-order valence-electron chi connectivity index (χ0n) is 8.68. The van der Waals surface area contributed by atoms with Crippen molar-refractivity contribution in [3.8, 4) is 0 Å². The highest BCUT2D eigenvalue weighted by Gasteiger charge is 2.43. The van der Waals surface area contributed by atoms with E-state index in [0.717, 1.165) is 6.42 Å². The summed E-state index contributed by atoms with van der Waals surface area (Å²) < 4.78 is 0. The maximum Gasteiger partial charge on any atom is 0.0622 e. The van der Waals surface area contributed by atoms with Crippen LogP contribution in [0.4, 0.5) is 0 Å². The van der Waals surface area contributed by atoms with Gasteiger partial charge in [-0.1, -0.05) is 18.6 Å². The monoisotopic (exact) mass is 169 g/mol. The first-order valence-corrected chi connectivity index (χ1v) is 4.54. The third-order valence-electron chi connectivity index (χ3n) is 2.77. The minimum atomic E-state index is -0.213. The standard InChI is InChI=1S/C10H19NO/c1-6-8-7-9(2,3)11(12)10(8,4)5/h7,12H,6H2,1-5H3. The number of rotatable bonds is 1. The van der Waals surface area contributed by atoms with Gasteiger partial charge in [-0.3, -0.25) is 0 Å². The molecule has 0 saturated heterocycles. The van der Waals surface area contributed by atoms with Crippen molar-refractivity contribution < 1.29 is 5.21 Å². The molecular weight excluding hydrogens is 150 g/mol. The van der Waals surface area contributed by atoms with Crippen LogP contribution in [0.25, 0.3) is 0 Å². The van der Waals surface area contributed by atoms with Gasteiger partial charge in [0.25, 0.3) is 0 Å². The second-order valence-electron chi connectivity index (χ2n) is 4.55. The summed E-state index contributed by atoms with van der Waals surface area (Å²) in [7, 11) is 0. The summed E-state index contributed by atoms with van der Waals surface area (Å²) in [6.45, 7) is 10.3. The highest BCUT2D eigenvalue weighted by Crippen LogP contribution is 2.39. The third-order valence-corrected chi connectivity index (χ3v) is 2.77. The van der Waals surface area contributed by atoms with Crippen LogP contribution < -0.4 is 0 Å². The number of hydrogen-bond acceptors (Lipinski definition) is 2. The maximum atomic E-state index is 9.87. The summed E-state index contributed by atoms with van der Waals surface area (Å²) in [4.78, 5) is 0. The van der Waals surface area contributed by atoms with Crippen molar-refractivity contribution in [2.75, 3.05) is 0 Å². The van der Waals surface area contributed by atoms with Crippen molar-refractivity contribution in [3.63, 3.8) is 0 Å². The highest BCUT2D eigenvalue weighted by molar-refractivity contribution is 5.29. The number of hydrogen-bond donors (Lipinski definition) is 1. The Morgan fingerprint density at radius 1 is 1.33 bits per heavy atom. The molecular formula is C10H19NO. The maximum absolute atomic E-state index is 9.87. The summed E-state index contributed by atoms with van der Waals surface area (Å²) in [5.41, 5.74) is 0.905. The molecule has 0 atom stereocenters. The molecule has 1 rings (SSSR count). The van der Waals surface area contributed by atoms with Crippen LogP contribution in [0.5, 0.6) is 0 Å². The molecule has 1 N–H and O–H groups in total. The van der Waals surface area contributed by atoms with Crippen LogP contribution in [0.2, 0.25) is 0 Å². The third kappa shape index (κ3) is 1.19. The zero-order valence-corrected chi connectivity index (χ0v) is 8.68. The van der Waals surface area contributed by atoms with Crippen molar-refractivity contribution in [1.82, 2.24) is 5.06 Å². The van der Waals surface area contributed by atoms with E-state index in [1.807, 2.05) is 13.8 Å². The average Bonchev–Trinajstić information content (AvgIpc) is 2.11. The Hall–Kier alpha value is -0.340. The molecule has 0 bridgehead atoms. The SMILES string of the molecule is CCC1=CC(C)(C)N(O)C1(C)C. The largest absolute Gasteiger partial charge is 0.312 e. The van der Waals surface area contributed by atoms with Gasteiger partial charge in [-0.15, -0.1) is 0 Å². The van der Waals surface area contributed by atoms with E-state index < -0.39 is 0 Å². The van der Waals surface area contributed by atoms with Gasteiger partial charge in [-0.25, -0.2) is 0 Å². The molecule has 0 amide bonds. The van der Waals surface area contributed by atoms with Crippen LogP contribution in [0.3, 0.4) is 0 Å². The first-order valence-electron chi connectivity index (χ1n) is 4.54. The Bertz CT molecular complexity index is 216. The molecule has 1 aliphatic heterocycles. The van der Waals surface area contributed by atoms with Gasteiger partial charge in [0.05, 0.1) is 11.1 Å². The molecule has 0 radical (unpaired) electrons. The highest BCUT2D eigenvalue weighted by atomic mass is 16.5. The Morgan fingerprint density at radius 2 is 1.83 bits per heavy atom. The van der Waals surface area contributed by atoms with Crippen molar-refractivity contribution in [1.29, 1.82) is 0 Å². The summed E-state index contributed by atoms with van der Waals surface area (Å²) in [6, 6.07) is 0. The van der Waals surface area contributed by atoms with E-state index in [0.29, 0.717) is 0 Å². The second kappa shape index (κ2) is 2.57. The van der Waals surface area contributed by atoms with E-state index in [1.165, 1.54) is 10.6 Å². The van der Waals surface area contributed by atoms with Crippen LogP contribution >= 0.6 is 0 Å². The van der Waals surface area contributed by atoms with Crippen LogP contribution in [0, 0.1) is 0 Å². The van der Waals surface area contributed by atoms with Crippen molar-refractivity contribution in [3.05, 3.63) is 11.6 Å². The lowest BCUT2D eigenvalue weighted by atomic mass is 9.95. The quantitative estimate of drug-likeness (QED) is 0.610. The predicted octanol–water partition coefficient (Wildman–Crippen LogP) is 2.58. The van der Waals surface area contributed by atoms with E-state index >= 15 is 0 Å². The number of hydroxylamine groups is 2. The molecule has 0 saturated carbocycles. The Labute approximate surface area is 74.8 Å².